The number of fused-ring (bicyclic) bond motifs is 18. The van der Waals surface area contributed by atoms with Crippen LogP contribution in [-0.4, -0.2) is 51.2 Å². The Bertz CT molecular complexity index is 6950. The van der Waals surface area contributed by atoms with Crippen LogP contribution in [0.25, 0.3) is 66.8 Å². The van der Waals surface area contributed by atoms with Gasteiger partial charge in [-0.25, -0.2) is 0 Å². The smallest absolute Gasteiger partial charge is 1.00 e. The predicted octanol–water partition coefficient (Wildman–Crippen LogP) is 23.6. The van der Waals surface area contributed by atoms with Crippen LogP contribution in [0, 0.1) is 37.0 Å². The van der Waals surface area contributed by atoms with Crippen molar-refractivity contribution in [2.75, 3.05) is 18.5 Å². The summed E-state index contributed by atoms with van der Waals surface area (Å²) >= 11 is 3.01. The Kier molecular flexibility index (Phi) is 39.1. The molecule has 0 spiro atoms. The Morgan fingerprint density at radius 2 is 0.425 bits per heavy atom. The molecule has 0 saturated heterocycles. The third kappa shape index (κ3) is 21.9. The van der Waals surface area contributed by atoms with Crippen molar-refractivity contribution in [1.29, 1.82) is 0 Å². The van der Waals surface area contributed by atoms with Crippen molar-refractivity contribution < 1.29 is 154 Å². The maximum atomic E-state index is 11.9. The van der Waals surface area contributed by atoms with Gasteiger partial charge >= 0.3 is 103 Å². The van der Waals surface area contributed by atoms with Gasteiger partial charge in [0.2, 0.25) is 0 Å². The molecule has 4 N–H and O–H groups in total. The molecule has 14 heteroatoms. The molecule has 0 aliphatic heterocycles. The standard InChI is InChI=1S/C31H22O2.2C25H18O2.2C15H14.C13H8O.C3H3Br.2C2H6.CH2O3.2K.H3P.H/c1-3-21-32-25-17-13-23(14-18-25)31(24-15-19-26(20-16-24)33-22-4-2)29-11-7-5-9-27(29)28-10-6-8-12-30(28)31;2*26-19-13-9-17(10-14-19)25(18-11-15-20(27)16-12-18)23-7-3-1-5-21(23)22-6-2-4-8-24(22)25;2*1-15(2)13-9-5-3-7-11(13)12-8-4-6-10-14(12)15;14-13-11-7-3-1-5-9(11)10-6-2-4-8-12(10)13;1-2-3-4;2*1-2;2-1-4-3;;;;/h1-2,5-20H,21-22H2;2*1-16,26-27H;2*3-10H,1-2H3;1-8H;1H,3H2;2*1-2H3;1,3H;;;1H3;/q;;;;;;;;;;2*+1;;-1/p-1. The average Bonchev–Trinajstić information content (AvgIpc) is 1.54. The molecule has 0 heterocycles. The van der Waals surface area contributed by atoms with Crippen molar-refractivity contribution in [1.82, 2.24) is 0 Å². The number of benzene rings is 18. The number of alkyl halides is 1. The summed E-state index contributed by atoms with van der Waals surface area (Å²) in [6, 6.07) is 148. The largest absolute Gasteiger partial charge is 1.00 e. The van der Waals surface area contributed by atoms with Gasteiger partial charge in [0.1, 0.15) is 47.7 Å². The number of phenols is 4. The third-order valence-electron chi connectivity index (χ3n) is 27.0. The van der Waals surface area contributed by atoms with Crippen molar-refractivity contribution in [2.45, 2.75) is 82.5 Å². The number of terminal acetylenes is 3. The van der Waals surface area contributed by atoms with Crippen molar-refractivity contribution in [2.24, 2.45) is 0 Å². The molecule has 6 aliphatic rings. The van der Waals surface area contributed by atoms with Crippen molar-refractivity contribution in [3.63, 3.8) is 0 Å². The Morgan fingerprint density at radius 3 is 0.596 bits per heavy atom. The molecule has 0 bridgehead atoms. The summed E-state index contributed by atoms with van der Waals surface area (Å²) in [4.78, 5) is 23.1. The van der Waals surface area contributed by atoms with Crippen LogP contribution in [0.1, 0.15) is 162 Å². The first-order chi connectivity index (χ1) is 69.8. The average molecular weight is 2050 g/mol. The molecule has 0 fully saturated rings. The van der Waals surface area contributed by atoms with Gasteiger partial charge < -0.3 is 41.5 Å². The summed E-state index contributed by atoms with van der Waals surface area (Å²) < 4.78 is 11.3. The number of hydrogen-bond acceptors (Lipinski definition) is 10. The molecule has 18 aromatic carbocycles. The summed E-state index contributed by atoms with van der Waals surface area (Å²) in [5.74, 6) is 10.0. The van der Waals surface area contributed by atoms with Gasteiger partial charge in [-0.1, -0.05) is 453 Å². The normalized spacial score (nSPS) is 12.8. The van der Waals surface area contributed by atoms with E-state index < -0.39 is 16.2 Å². The Morgan fingerprint density at radius 1 is 0.274 bits per heavy atom. The number of hydrogen-bond donors (Lipinski definition) is 4. The SMILES string of the molecule is C#CCBr.C#CCOc1ccc(C2(c3ccc(OCC#C)cc3)c3ccccc3-c3ccccc32)cc1.CC.CC.CC1(C)c2ccccc2-c2ccccc21.CC1(C)c2ccccc2-c2ccccc21.O=C1c2ccccc2-c2ccccc21.O=CO[O-].Oc1ccc(C2(c3ccc(O)cc3)c3ccccc3-c3ccccc32)cc1.Oc1ccc(C2(c3ccc(O)cc3)c3ccccc3-c3ccccc32)cc1.P.[H-].[K+].[K+]. The second-order valence-corrected chi connectivity index (χ2v) is 35.7. The van der Waals surface area contributed by atoms with E-state index >= 15 is 0 Å². The van der Waals surface area contributed by atoms with E-state index in [9.17, 15) is 25.2 Å². The number of halogens is 1. The molecule has 146 heavy (non-hydrogen) atoms. The van der Waals surface area contributed by atoms with Crippen LogP contribution >= 0.6 is 25.8 Å². The first kappa shape index (κ1) is 111. The maximum Gasteiger partial charge on any atom is 1.00 e. The quantitative estimate of drug-likeness (QED) is 0.0186. The van der Waals surface area contributed by atoms with Gasteiger partial charge in [-0.05, 0) is 229 Å². The van der Waals surface area contributed by atoms with Gasteiger partial charge in [0, 0.05) is 22.0 Å². The zero-order chi connectivity index (χ0) is 101. The molecular formula is C132H114BrK2O10P. The fourth-order valence-corrected chi connectivity index (χ4v) is 21.1. The van der Waals surface area contributed by atoms with Crippen LogP contribution in [0.5, 0.6) is 34.5 Å². The number of carbonyl (C=O) groups is 2. The first-order valence-corrected chi connectivity index (χ1v) is 48.9. The zero-order valence-electron chi connectivity index (χ0n) is 84.8. The maximum absolute atomic E-state index is 11.9. The van der Waals surface area contributed by atoms with Crippen LogP contribution in [0.4, 0.5) is 0 Å². The summed E-state index contributed by atoms with van der Waals surface area (Å²) in [5.41, 5.74) is 35.4. The minimum Gasteiger partial charge on any atom is -1.00 e. The van der Waals surface area contributed by atoms with Crippen molar-refractivity contribution in [3.8, 4) is 138 Å². The first-order valence-electron chi connectivity index (χ1n) is 47.8. The van der Waals surface area contributed by atoms with E-state index in [0.29, 0.717) is 5.33 Å². The summed E-state index contributed by atoms with van der Waals surface area (Å²) in [6.07, 6.45) is 15.4. The van der Waals surface area contributed by atoms with E-state index in [4.69, 9.17) is 38.8 Å². The molecule has 1 unspecified atom stereocenters. The molecule has 1 atom stereocenters. The Balaban J connectivity index is 0.000000167. The summed E-state index contributed by atoms with van der Waals surface area (Å²) in [5, 5.41) is 48.5. The van der Waals surface area contributed by atoms with Crippen LogP contribution in [-0.2, 0) is 36.8 Å². The molecule has 18 aromatic rings. The second-order valence-electron chi connectivity index (χ2n) is 35.1. The van der Waals surface area contributed by atoms with E-state index in [1.165, 1.54) is 111 Å². The molecular weight excluding hydrogens is 1930 g/mol. The van der Waals surface area contributed by atoms with Gasteiger partial charge in [0.15, 0.2) is 5.78 Å². The van der Waals surface area contributed by atoms with Gasteiger partial charge in [-0.15, -0.1) is 19.3 Å². The monoisotopic (exact) mass is 2050 g/mol. The van der Waals surface area contributed by atoms with E-state index in [0.717, 1.165) is 67.1 Å². The Labute approximate surface area is 957 Å². The van der Waals surface area contributed by atoms with E-state index in [1.54, 1.807) is 48.5 Å². The van der Waals surface area contributed by atoms with E-state index in [2.05, 4.69) is 333 Å². The number of aromatic hydroxyl groups is 4. The number of rotatable bonds is 11. The second kappa shape index (κ2) is 51.2. The molecule has 24 rings (SSSR count). The zero-order valence-corrected chi connectivity index (χ0v) is 93.1. The van der Waals surface area contributed by atoms with Crippen LogP contribution < -0.4 is 118 Å². The number of carbonyl (C=O) groups excluding carboxylic acids is 2. The predicted molar refractivity (Wildman–Crippen MR) is 595 cm³/mol. The molecule has 10 nitrogen and oxygen atoms in total. The van der Waals surface area contributed by atoms with Gasteiger partial charge in [-0.2, -0.15) is 9.90 Å². The fourth-order valence-electron chi connectivity index (χ4n) is 21.1. The Hall–Kier alpha value is -13.3. The summed E-state index contributed by atoms with van der Waals surface area (Å²) in [6.45, 7) is 17.5. The van der Waals surface area contributed by atoms with Crippen LogP contribution in [0.15, 0.2) is 437 Å². The van der Waals surface area contributed by atoms with Gasteiger partial charge in [0.25, 0.3) is 6.47 Å². The molecule has 0 radical (unpaired) electrons. The number of ketones is 1. The summed E-state index contributed by atoms with van der Waals surface area (Å²) in [7, 11) is 0. The van der Waals surface area contributed by atoms with Crippen LogP contribution in [0.3, 0.4) is 0 Å². The molecule has 0 saturated carbocycles. The van der Waals surface area contributed by atoms with Crippen LogP contribution in [0.2, 0.25) is 0 Å². The van der Waals surface area contributed by atoms with Gasteiger partial charge in [0.05, 0.1) is 21.6 Å². The topological polar surface area (TPSA) is 166 Å². The van der Waals surface area contributed by atoms with Crippen molar-refractivity contribution >= 4 is 38.1 Å². The van der Waals surface area contributed by atoms with Gasteiger partial charge in [-0.3, -0.25) is 9.59 Å². The minimum absolute atomic E-state index is 0. The molecule has 0 aromatic heterocycles. The van der Waals surface area contributed by atoms with Crippen molar-refractivity contribution in [3.05, 3.63) is 537 Å². The molecule has 0 amide bonds. The molecule has 6 aliphatic carbocycles. The molecule has 716 valence electrons. The third-order valence-corrected chi connectivity index (χ3v) is 27.3. The minimum atomic E-state index is -0.491. The fraction of sp³-hybridized carbons (Fsp3) is 0.121. The number of phenolic OH excluding ortho intramolecular Hbond substituents is 4. The van der Waals surface area contributed by atoms with E-state index in [-0.39, 0.29) is 173 Å². The van der Waals surface area contributed by atoms with E-state index in [1.807, 2.05) is 149 Å². The number of ether oxygens (including phenoxy) is 2.